The predicted octanol–water partition coefficient (Wildman–Crippen LogP) is 3.12. The number of hydrogen-bond acceptors (Lipinski definition) is 5. The van der Waals surface area contributed by atoms with Gasteiger partial charge in [0.2, 0.25) is 10.0 Å². The van der Waals surface area contributed by atoms with Crippen LogP contribution >= 0.6 is 0 Å². The fourth-order valence-electron chi connectivity index (χ4n) is 3.28. The first-order valence-corrected chi connectivity index (χ1v) is 11.0. The molecule has 2 aromatic carbocycles. The number of ether oxygens (including phenoxy) is 2. The lowest BCUT2D eigenvalue weighted by molar-refractivity contribution is -0.144. The number of nitrogens with one attached hydrogen (secondary N) is 1. The molecule has 1 N–H and O–H groups in total. The predicted molar refractivity (Wildman–Crippen MR) is 106 cm³/mol. The molecule has 2 aromatic rings. The fourth-order valence-corrected chi connectivity index (χ4v) is 4.37. The van der Waals surface area contributed by atoms with Gasteiger partial charge in [-0.05, 0) is 66.6 Å². The Balaban J connectivity index is 1.48. The Morgan fingerprint density at radius 3 is 2.59 bits per heavy atom. The summed E-state index contributed by atoms with van der Waals surface area (Å²) in [4.78, 5) is 12.1. The molecule has 0 spiro atoms. The molecule has 6 nitrogen and oxygen atoms in total. The van der Waals surface area contributed by atoms with Crippen LogP contribution in [0.15, 0.2) is 41.3 Å². The third kappa shape index (κ3) is 5.55. The van der Waals surface area contributed by atoms with Crippen LogP contribution in [0, 0.1) is 5.82 Å². The van der Waals surface area contributed by atoms with Gasteiger partial charge in [-0.1, -0.05) is 12.1 Å². The Hall–Kier alpha value is -2.45. The van der Waals surface area contributed by atoms with Crippen molar-refractivity contribution in [3.05, 3.63) is 58.9 Å². The SMILES string of the molecule is COc1ccc(COC(=O)CCNS(=O)(=O)c2ccc3c(c2)CCCC3)cc1F. The zero-order valence-corrected chi connectivity index (χ0v) is 17.1. The molecule has 156 valence electrons. The molecule has 0 heterocycles. The number of halogens is 1. The molecule has 0 bridgehead atoms. The van der Waals surface area contributed by atoms with Crippen molar-refractivity contribution in [1.29, 1.82) is 0 Å². The van der Waals surface area contributed by atoms with Crippen molar-refractivity contribution >= 4 is 16.0 Å². The number of carbonyl (C=O) groups excluding carboxylic acids is 1. The van der Waals surface area contributed by atoms with E-state index in [-0.39, 0.29) is 30.2 Å². The molecule has 0 unspecified atom stereocenters. The first-order chi connectivity index (χ1) is 13.9. The summed E-state index contributed by atoms with van der Waals surface area (Å²) >= 11 is 0. The molecule has 0 amide bonds. The normalized spacial score (nSPS) is 13.6. The van der Waals surface area contributed by atoms with E-state index in [0.29, 0.717) is 5.56 Å². The molecule has 0 aromatic heterocycles. The monoisotopic (exact) mass is 421 g/mol. The number of rotatable bonds is 8. The van der Waals surface area contributed by atoms with Crippen LogP contribution in [0.3, 0.4) is 0 Å². The fraction of sp³-hybridized carbons (Fsp3) is 0.381. The molecule has 0 radical (unpaired) electrons. The molecule has 0 fully saturated rings. The van der Waals surface area contributed by atoms with Gasteiger partial charge in [-0.2, -0.15) is 0 Å². The summed E-state index contributed by atoms with van der Waals surface area (Å²) in [5.74, 6) is -1.01. The number of fused-ring (bicyclic) bond motifs is 1. The summed E-state index contributed by atoms with van der Waals surface area (Å²) in [5.41, 5.74) is 2.75. The molecule has 0 saturated heterocycles. The molecule has 3 rings (SSSR count). The van der Waals surface area contributed by atoms with E-state index in [2.05, 4.69) is 4.72 Å². The van der Waals surface area contributed by atoms with Crippen molar-refractivity contribution in [2.24, 2.45) is 0 Å². The molecule has 1 aliphatic rings. The third-order valence-electron chi connectivity index (χ3n) is 4.87. The van der Waals surface area contributed by atoms with Gasteiger partial charge in [0.05, 0.1) is 18.4 Å². The Labute approximate surface area is 170 Å². The third-order valence-corrected chi connectivity index (χ3v) is 6.33. The van der Waals surface area contributed by atoms with Crippen LogP contribution in [0.4, 0.5) is 4.39 Å². The number of carbonyl (C=O) groups is 1. The maximum Gasteiger partial charge on any atom is 0.307 e. The van der Waals surface area contributed by atoms with Gasteiger partial charge in [0, 0.05) is 6.54 Å². The highest BCUT2D eigenvalue weighted by Crippen LogP contribution is 2.24. The van der Waals surface area contributed by atoms with Gasteiger partial charge in [0.25, 0.3) is 0 Å². The van der Waals surface area contributed by atoms with Crippen molar-refractivity contribution in [3.63, 3.8) is 0 Å². The van der Waals surface area contributed by atoms with Gasteiger partial charge in [-0.25, -0.2) is 17.5 Å². The van der Waals surface area contributed by atoms with Gasteiger partial charge in [-0.15, -0.1) is 0 Å². The minimum absolute atomic E-state index is 0.0742. The molecular formula is C21H24FNO5S. The Bertz CT molecular complexity index is 991. The van der Waals surface area contributed by atoms with Crippen molar-refractivity contribution in [2.45, 2.75) is 43.6 Å². The minimum atomic E-state index is -3.69. The average Bonchev–Trinajstić information content (AvgIpc) is 2.72. The van der Waals surface area contributed by atoms with E-state index >= 15 is 0 Å². The number of benzene rings is 2. The topological polar surface area (TPSA) is 81.7 Å². The molecule has 0 aliphatic heterocycles. The van der Waals surface area contributed by atoms with Crippen LogP contribution < -0.4 is 9.46 Å². The van der Waals surface area contributed by atoms with Gasteiger partial charge < -0.3 is 9.47 Å². The quantitative estimate of drug-likeness (QED) is 0.663. The van der Waals surface area contributed by atoms with Crippen LogP contribution in [0.5, 0.6) is 5.75 Å². The standard InChI is InChI=1S/C21H24FNO5S/c1-27-20-9-6-15(12-19(20)22)14-28-21(24)10-11-23-29(25,26)18-8-7-16-4-2-3-5-17(16)13-18/h6-9,12-13,23H,2-5,10-11,14H2,1H3. The average molecular weight is 421 g/mol. The number of sulfonamides is 1. The van der Waals surface area contributed by atoms with Crippen LogP contribution in [0.25, 0.3) is 0 Å². The van der Waals surface area contributed by atoms with Crippen LogP contribution in [-0.4, -0.2) is 28.0 Å². The highest BCUT2D eigenvalue weighted by Gasteiger charge is 2.18. The van der Waals surface area contributed by atoms with Crippen LogP contribution in [0.2, 0.25) is 0 Å². The second kappa shape index (κ2) is 9.37. The van der Waals surface area contributed by atoms with E-state index < -0.39 is 21.8 Å². The van der Waals surface area contributed by atoms with Gasteiger partial charge in [0.1, 0.15) is 6.61 Å². The lowest BCUT2D eigenvalue weighted by Gasteiger charge is -2.16. The molecule has 29 heavy (non-hydrogen) atoms. The maximum atomic E-state index is 13.6. The number of methoxy groups -OCH3 is 1. The van der Waals surface area contributed by atoms with Gasteiger partial charge >= 0.3 is 5.97 Å². The highest BCUT2D eigenvalue weighted by molar-refractivity contribution is 7.89. The van der Waals surface area contributed by atoms with Crippen molar-refractivity contribution in [2.75, 3.05) is 13.7 Å². The summed E-state index contributed by atoms with van der Waals surface area (Å²) in [6, 6.07) is 9.45. The first kappa shape index (κ1) is 21.3. The second-order valence-electron chi connectivity index (χ2n) is 6.91. The van der Waals surface area contributed by atoms with Crippen molar-refractivity contribution < 1.29 is 27.1 Å². The maximum absolute atomic E-state index is 13.6. The molecular weight excluding hydrogens is 397 g/mol. The summed E-state index contributed by atoms with van der Waals surface area (Å²) in [5, 5.41) is 0. The second-order valence-corrected chi connectivity index (χ2v) is 8.68. The lowest BCUT2D eigenvalue weighted by atomic mass is 9.92. The molecule has 1 aliphatic carbocycles. The summed E-state index contributed by atoms with van der Waals surface area (Å²) < 4.78 is 50.9. The van der Waals surface area contributed by atoms with E-state index in [1.54, 1.807) is 18.2 Å². The van der Waals surface area contributed by atoms with Crippen LogP contribution in [0.1, 0.15) is 36.0 Å². The van der Waals surface area contributed by atoms with E-state index in [4.69, 9.17) is 9.47 Å². The minimum Gasteiger partial charge on any atom is -0.494 e. The van der Waals surface area contributed by atoms with Gasteiger partial charge in [0.15, 0.2) is 11.6 Å². The van der Waals surface area contributed by atoms with E-state index in [1.165, 1.54) is 24.8 Å². The lowest BCUT2D eigenvalue weighted by Crippen LogP contribution is -2.27. The highest BCUT2D eigenvalue weighted by atomic mass is 32.2. The number of hydrogen-bond donors (Lipinski definition) is 1. The van der Waals surface area contributed by atoms with Crippen LogP contribution in [-0.2, 0) is 39.0 Å². The number of esters is 1. The molecule has 0 saturated carbocycles. The Kier molecular flexibility index (Phi) is 6.87. The molecule has 8 heteroatoms. The van der Waals surface area contributed by atoms with E-state index in [1.807, 2.05) is 6.07 Å². The van der Waals surface area contributed by atoms with Gasteiger partial charge in [-0.3, -0.25) is 4.79 Å². The summed E-state index contributed by atoms with van der Waals surface area (Å²) in [6.45, 7) is -0.174. The Morgan fingerprint density at radius 1 is 1.10 bits per heavy atom. The number of aryl methyl sites for hydroxylation is 2. The van der Waals surface area contributed by atoms with E-state index in [0.717, 1.165) is 31.2 Å². The van der Waals surface area contributed by atoms with Crippen molar-refractivity contribution in [1.82, 2.24) is 4.72 Å². The smallest absolute Gasteiger partial charge is 0.307 e. The zero-order chi connectivity index (χ0) is 20.9. The van der Waals surface area contributed by atoms with E-state index in [9.17, 15) is 17.6 Å². The first-order valence-electron chi connectivity index (χ1n) is 9.48. The summed E-state index contributed by atoms with van der Waals surface area (Å²) in [7, 11) is -2.33. The summed E-state index contributed by atoms with van der Waals surface area (Å²) in [6.07, 6.45) is 3.93. The molecule has 0 atom stereocenters. The zero-order valence-electron chi connectivity index (χ0n) is 16.2. The largest absolute Gasteiger partial charge is 0.494 e. The Morgan fingerprint density at radius 2 is 1.86 bits per heavy atom. The van der Waals surface area contributed by atoms with Crippen molar-refractivity contribution in [3.8, 4) is 5.75 Å².